The fourth-order valence-electron chi connectivity index (χ4n) is 3.18. The van der Waals surface area contributed by atoms with Crippen LogP contribution < -0.4 is 4.90 Å². The lowest BCUT2D eigenvalue weighted by Gasteiger charge is -2.22. The molecule has 2 aromatic rings. The number of esters is 1. The quantitative estimate of drug-likeness (QED) is 0.768. The van der Waals surface area contributed by atoms with E-state index >= 15 is 0 Å². The minimum atomic E-state index is -0.342. The summed E-state index contributed by atoms with van der Waals surface area (Å²) >= 11 is 1.56. The maximum absolute atomic E-state index is 12.7. The monoisotopic (exact) mass is 355 g/mol. The van der Waals surface area contributed by atoms with Gasteiger partial charge in [-0.3, -0.25) is 4.79 Å². The van der Waals surface area contributed by atoms with E-state index in [2.05, 4.69) is 13.0 Å². The first kappa shape index (κ1) is 17.5. The summed E-state index contributed by atoms with van der Waals surface area (Å²) in [5.74, 6) is 0.888. The highest BCUT2D eigenvalue weighted by Crippen LogP contribution is 2.32. The molecule has 0 fully saturated rings. The number of carbonyl (C=O) groups excluding carboxylic acids is 2. The van der Waals surface area contributed by atoms with Crippen LogP contribution in [0.4, 0.5) is 5.69 Å². The summed E-state index contributed by atoms with van der Waals surface area (Å²) in [5, 5.41) is 0. The Bertz CT molecular complexity index is 790. The first-order valence-electron chi connectivity index (χ1n) is 8.25. The van der Waals surface area contributed by atoms with Crippen LogP contribution in [0.3, 0.4) is 0 Å². The summed E-state index contributed by atoms with van der Waals surface area (Å²) in [5.41, 5.74) is 3.82. The molecule has 25 heavy (non-hydrogen) atoms. The molecule has 0 saturated carbocycles. The number of nitrogens with zero attached hydrogens (tertiary/aromatic N) is 1. The molecule has 0 bridgehead atoms. The molecule has 4 nitrogen and oxygen atoms in total. The van der Waals surface area contributed by atoms with Gasteiger partial charge in [-0.15, -0.1) is 11.8 Å². The summed E-state index contributed by atoms with van der Waals surface area (Å²) in [6.45, 7) is 2.09. The minimum Gasteiger partial charge on any atom is -0.465 e. The minimum absolute atomic E-state index is 0.131. The van der Waals surface area contributed by atoms with Gasteiger partial charge in [-0.05, 0) is 42.7 Å². The third kappa shape index (κ3) is 3.87. The first-order valence-corrected chi connectivity index (χ1v) is 9.40. The summed E-state index contributed by atoms with van der Waals surface area (Å²) in [7, 11) is 1.37. The third-order valence-electron chi connectivity index (χ3n) is 4.32. The Morgan fingerprint density at radius 2 is 2.00 bits per heavy atom. The SMILES string of the molecule is COC(=O)c1cccc(CSCC(=O)N2c3ccccc3C[C@H]2C)c1. The van der Waals surface area contributed by atoms with Crippen LogP contribution in [0, 0.1) is 0 Å². The highest BCUT2D eigenvalue weighted by molar-refractivity contribution is 7.99. The number of amides is 1. The van der Waals surface area contributed by atoms with Gasteiger partial charge in [-0.2, -0.15) is 0 Å². The number of methoxy groups -OCH3 is 1. The molecule has 0 N–H and O–H groups in total. The van der Waals surface area contributed by atoms with Crippen molar-refractivity contribution in [1.29, 1.82) is 0 Å². The van der Waals surface area contributed by atoms with Crippen LogP contribution in [0.15, 0.2) is 48.5 Å². The smallest absolute Gasteiger partial charge is 0.337 e. The van der Waals surface area contributed by atoms with E-state index in [0.29, 0.717) is 17.1 Å². The van der Waals surface area contributed by atoms with Gasteiger partial charge in [0.1, 0.15) is 0 Å². The second-order valence-corrected chi connectivity index (χ2v) is 7.12. The number of thioether (sulfide) groups is 1. The Morgan fingerprint density at radius 1 is 1.20 bits per heavy atom. The number of benzene rings is 2. The van der Waals surface area contributed by atoms with Gasteiger partial charge in [-0.1, -0.05) is 30.3 Å². The zero-order valence-electron chi connectivity index (χ0n) is 14.4. The van der Waals surface area contributed by atoms with Gasteiger partial charge in [0.2, 0.25) is 5.91 Å². The van der Waals surface area contributed by atoms with Crippen molar-refractivity contribution in [3.8, 4) is 0 Å². The van der Waals surface area contributed by atoms with Crippen LogP contribution in [0.2, 0.25) is 0 Å². The molecule has 5 heteroatoms. The van der Waals surface area contributed by atoms with Crippen molar-refractivity contribution in [2.24, 2.45) is 0 Å². The van der Waals surface area contributed by atoms with E-state index in [0.717, 1.165) is 17.7 Å². The lowest BCUT2D eigenvalue weighted by atomic mass is 10.1. The van der Waals surface area contributed by atoms with E-state index in [9.17, 15) is 9.59 Å². The van der Waals surface area contributed by atoms with Gasteiger partial charge in [0.15, 0.2) is 0 Å². The number of rotatable bonds is 5. The van der Waals surface area contributed by atoms with Gasteiger partial charge in [0.05, 0.1) is 18.4 Å². The summed E-state index contributed by atoms with van der Waals surface area (Å²) < 4.78 is 4.74. The van der Waals surface area contributed by atoms with Crippen molar-refractivity contribution in [2.75, 3.05) is 17.8 Å². The molecule has 3 rings (SSSR count). The van der Waals surface area contributed by atoms with E-state index in [-0.39, 0.29) is 17.9 Å². The number of hydrogen-bond donors (Lipinski definition) is 0. The normalized spacial score (nSPS) is 15.8. The van der Waals surface area contributed by atoms with Crippen LogP contribution in [0.25, 0.3) is 0 Å². The second kappa shape index (κ2) is 7.74. The molecular weight excluding hydrogens is 334 g/mol. The Hall–Kier alpha value is -2.27. The zero-order valence-corrected chi connectivity index (χ0v) is 15.2. The predicted octanol–water partition coefficient (Wildman–Crippen LogP) is 3.68. The molecule has 130 valence electrons. The number of fused-ring (bicyclic) bond motifs is 1. The molecule has 0 spiro atoms. The molecule has 1 aliphatic heterocycles. The predicted molar refractivity (Wildman–Crippen MR) is 101 cm³/mol. The number of anilines is 1. The van der Waals surface area contributed by atoms with E-state index in [1.54, 1.807) is 17.8 Å². The fourth-order valence-corrected chi connectivity index (χ4v) is 4.01. The molecule has 0 unspecified atom stereocenters. The molecule has 0 aliphatic carbocycles. The van der Waals surface area contributed by atoms with Crippen LogP contribution in [-0.2, 0) is 21.7 Å². The van der Waals surface area contributed by atoms with Crippen LogP contribution in [0.1, 0.15) is 28.4 Å². The van der Waals surface area contributed by atoms with Crippen molar-refractivity contribution < 1.29 is 14.3 Å². The molecule has 1 aliphatic rings. The second-order valence-electron chi connectivity index (χ2n) is 6.13. The van der Waals surface area contributed by atoms with E-state index < -0.39 is 0 Å². The van der Waals surface area contributed by atoms with Crippen LogP contribution in [0.5, 0.6) is 0 Å². The van der Waals surface area contributed by atoms with Crippen molar-refractivity contribution in [1.82, 2.24) is 0 Å². The summed E-state index contributed by atoms with van der Waals surface area (Å²) in [6.07, 6.45) is 0.910. The Morgan fingerprint density at radius 3 is 2.80 bits per heavy atom. The molecule has 2 aromatic carbocycles. The Balaban J connectivity index is 1.59. The molecular formula is C20H21NO3S. The molecule has 1 amide bonds. The number of ether oxygens (including phenoxy) is 1. The molecule has 0 saturated heterocycles. The molecule has 1 atom stereocenters. The van der Waals surface area contributed by atoms with E-state index in [1.807, 2.05) is 41.3 Å². The highest BCUT2D eigenvalue weighted by Gasteiger charge is 2.30. The van der Waals surface area contributed by atoms with Gasteiger partial charge in [-0.25, -0.2) is 4.79 Å². The van der Waals surface area contributed by atoms with Gasteiger partial charge < -0.3 is 9.64 Å². The standard InChI is InChI=1S/C20H21NO3S/c1-14-10-16-7-3-4-9-18(16)21(14)19(22)13-25-12-15-6-5-8-17(11-15)20(23)24-2/h3-9,11,14H,10,12-13H2,1-2H3/t14-/m1/s1. The van der Waals surface area contributed by atoms with Gasteiger partial charge in [0, 0.05) is 17.5 Å². The first-order chi connectivity index (χ1) is 12.1. The number of carbonyl (C=O) groups is 2. The lowest BCUT2D eigenvalue weighted by molar-refractivity contribution is -0.116. The Labute approximate surface area is 152 Å². The molecule has 0 aromatic heterocycles. The highest BCUT2D eigenvalue weighted by atomic mass is 32.2. The largest absolute Gasteiger partial charge is 0.465 e. The molecule has 0 radical (unpaired) electrons. The summed E-state index contributed by atoms with van der Waals surface area (Å²) in [4.78, 5) is 26.2. The lowest BCUT2D eigenvalue weighted by Crippen LogP contribution is -2.37. The number of para-hydroxylation sites is 1. The third-order valence-corrected chi connectivity index (χ3v) is 5.31. The van der Waals surface area contributed by atoms with Crippen molar-refractivity contribution in [3.05, 3.63) is 65.2 Å². The molecule has 1 heterocycles. The maximum atomic E-state index is 12.7. The number of hydrogen-bond acceptors (Lipinski definition) is 4. The maximum Gasteiger partial charge on any atom is 0.337 e. The van der Waals surface area contributed by atoms with Crippen LogP contribution >= 0.6 is 11.8 Å². The topological polar surface area (TPSA) is 46.6 Å². The fraction of sp³-hybridized carbons (Fsp3) is 0.300. The van der Waals surface area contributed by atoms with E-state index in [1.165, 1.54) is 12.7 Å². The van der Waals surface area contributed by atoms with Crippen molar-refractivity contribution in [2.45, 2.75) is 25.1 Å². The zero-order chi connectivity index (χ0) is 17.8. The average Bonchev–Trinajstić information content (AvgIpc) is 2.97. The van der Waals surface area contributed by atoms with Crippen molar-refractivity contribution in [3.63, 3.8) is 0 Å². The van der Waals surface area contributed by atoms with Gasteiger partial charge >= 0.3 is 5.97 Å². The average molecular weight is 355 g/mol. The van der Waals surface area contributed by atoms with E-state index in [4.69, 9.17) is 4.74 Å². The van der Waals surface area contributed by atoms with Gasteiger partial charge in [0.25, 0.3) is 0 Å². The summed E-state index contributed by atoms with van der Waals surface area (Å²) in [6, 6.07) is 15.6. The Kier molecular flexibility index (Phi) is 5.43. The van der Waals surface area contributed by atoms with Crippen LogP contribution in [-0.4, -0.2) is 30.8 Å². The van der Waals surface area contributed by atoms with Crippen molar-refractivity contribution >= 4 is 29.3 Å².